The molecule has 1 aliphatic rings. The van der Waals surface area contributed by atoms with E-state index < -0.39 is 0 Å². The number of ether oxygens (including phenoxy) is 1. The summed E-state index contributed by atoms with van der Waals surface area (Å²) < 4.78 is 5.46. The monoisotopic (exact) mass is 301 g/mol. The van der Waals surface area contributed by atoms with Gasteiger partial charge in [-0.25, -0.2) is 0 Å². The first-order valence-electron chi connectivity index (χ1n) is 7.24. The van der Waals surface area contributed by atoms with Crippen LogP contribution in [0.4, 0.5) is 0 Å². The van der Waals surface area contributed by atoms with Gasteiger partial charge in [-0.2, -0.15) is 0 Å². The zero-order valence-corrected chi connectivity index (χ0v) is 12.9. The van der Waals surface area contributed by atoms with Crippen LogP contribution in [0.25, 0.3) is 0 Å². The topological polar surface area (TPSA) is 29.5 Å². The lowest BCUT2D eigenvalue weighted by Crippen LogP contribution is -2.31. The number of benzene rings is 1. The van der Waals surface area contributed by atoms with E-state index in [4.69, 9.17) is 4.74 Å². The minimum absolute atomic E-state index is 0.147. The van der Waals surface area contributed by atoms with Crippen molar-refractivity contribution in [3.05, 3.63) is 52.2 Å². The molecule has 0 unspecified atom stereocenters. The van der Waals surface area contributed by atoms with Crippen molar-refractivity contribution in [3.63, 3.8) is 0 Å². The number of rotatable bonds is 4. The predicted molar refractivity (Wildman–Crippen MR) is 84.7 cm³/mol. The normalized spacial score (nSPS) is 18.0. The van der Waals surface area contributed by atoms with Gasteiger partial charge >= 0.3 is 0 Å². The molecule has 3 rings (SSSR count). The van der Waals surface area contributed by atoms with E-state index in [1.165, 1.54) is 0 Å². The number of carbonyl (C=O) groups is 1. The third-order valence-electron chi connectivity index (χ3n) is 3.98. The summed E-state index contributed by atoms with van der Waals surface area (Å²) >= 11 is 1.64. The van der Waals surface area contributed by atoms with Gasteiger partial charge in [0.25, 0.3) is 0 Å². The largest absolute Gasteiger partial charge is 0.496 e. The SMILES string of the molecule is COc1ccccc1[C@H]1CCCN1C(=O)Cc1cccs1. The molecule has 21 heavy (non-hydrogen) atoms. The van der Waals surface area contributed by atoms with Crippen LogP contribution >= 0.6 is 11.3 Å². The molecule has 0 aliphatic carbocycles. The number of likely N-dealkylation sites (tertiary alicyclic amines) is 1. The van der Waals surface area contributed by atoms with E-state index in [-0.39, 0.29) is 11.9 Å². The molecule has 1 fully saturated rings. The van der Waals surface area contributed by atoms with Crippen LogP contribution in [0.1, 0.15) is 29.3 Å². The first-order chi connectivity index (χ1) is 10.3. The summed E-state index contributed by atoms with van der Waals surface area (Å²) in [6, 6.07) is 12.2. The van der Waals surface area contributed by atoms with Crippen molar-refractivity contribution in [2.24, 2.45) is 0 Å². The van der Waals surface area contributed by atoms with Crippen molar-refractivity contribution in [2.75, 3.05) is 13.7 Å². The molecule has 1 saturated heterocycles. The maximum absolute atomic E-state index is 12.6. The molecule has 1 aromatic carbocycles. The number of nitrogens with zero attached hydrogens (tertiary/aromatic N) is 1. The molecule has 1 amide bonds. The molecule has 1 atom stereocenters. The van der Waals surface area contributed by atoms with E-state index >= 15 is 0 Å². The average Bonchev–Trinajstić information content (AvgIpc) is 3.18. The van der Waals surface area contributed by atoms with E-state index in [2.05, 4.69) is 6.07 Å². The van der Waals surface area contributed by atoms with Gasteiger partial charge in [-0.3, -0.25) is 4.79 Å². The van der Waals surface area contributed by atoms with Crippen LogP contribution in [-0.2, 0) is 11.2 Å². The summed E-state index contributed by atoms with van der Waals surface area (Å²) in [6.07, 6.45) is 2.57. The van der Waals surface area contributed by atoms with Crippen LogP contribution in [0.15, 0.2) is 41.8 Å². The Hall–Kier alpha value is -1.81. The maximum Gasteiger partial charge on any atom is 0.228 e. The fourth-order valence-corrected chi connectivity index (χ4v) is 3.69. The summed E-state index contributed by atoms with van der Waals surface area (Å²) in [7, 11) is 1.69. The zero-order valence-electron chi connectivity index (χ0n) is 12.1. The second-order valence-electron chi connectivity index (χ2n) is 5.24. The van der Waals surface area contributed by atoms with Crippen molar-refractivity contribution < 1.29 is 9.53 Å². The molecule has 2 heterocycles. The number of thiophene rings is 1. The van der Waals surface area contributed by atoms with Gasteiger partial charge in [0.15, 0.2) is 0 Å². The van der Waals surface area contributed by atoms with Crippen LogP contribution in [0.2, 0.25) is 0 Å². The van der Waals surface area contributed by atoms with Crippen LogP contribution in [0.5, 0.6) is 5.75 Å². The van der Waals surface area contributed by atoms with Gasteiger partial charge in [0.05, 0.1) is 19.6 Å². The highest BCUT2D eigenvalue weighted by Crippen LogP contribution is 2.37. The molecular weight excluding hydrogens is 282 g/mol. The molecular formula is C17H19NO2S. The zero-order chi connectivity index (χ0) is 14.7. The fraction of sp³-hybridized carbons (Fsp3) is 0.353. The molecule has 0 N–H and O–H groups in total. The molecule has 0 bridgehead atoms. The Morgan fingerprint density at radius 2 is 2.19 bits per heavy atom. The van der Waals surface area contributed by atoms with Crippen molar-refractivity contribution in [1.29, 1.82) is 0 Å². The summed E-state index contributed by atoms with van der Waals surface area (Å²) in [5, 5.41) is 2.02. The van der Waals surface area contributed by atoms with Gasteiger partial charge in [-0.1, -0.05) is 24.3 Å². The van der Waals surface area contributed by atoms with Gasteiger partial charge in [0, 0.05) is 17.0 Å². The molecule has 110 valence electrons. The number of carbonyl (C=O) groups excluding carboxylic acids is 1. The number of amides is 1. The Bertz CT molecular complexity index is 609. The lowest BCUT2D eigenvalue weighted by Gasteiger charge is -2.26. The van der Waals surface area contributed by atoms with Crippen LogP contribution in [-0.4, -0.2) is 24.5 Å². The number of hydrogen-bond donors (Lipinski definition) is 0. The van der Waals surface area contributed by atoms with E-state index in [0.717, 1.165) is 35.6 Å². The highest BCUT2D eigenvalue weighted by Gasteiger charge is 2.31. The molecule has 0 radical (unpaired) electrons. The fourth-order valence-electron chi connectivity index (χ4n) is 2.99. The van der Waals surface area contributed by atoms with E-state index in [9.17, 15) is 4.79 Å². The Morgan fingerprint density at radius 1 is 1.33 bits per heavy atom. The lowest BCUT2D eigenvalue weighted by molar-refractivity contribution is -0.131. The van der Waals surface area contributed by atoms with E-state index in [0.29, 0.717) is 6.42 Å². The minimum atomic E-state index is 0.147. The van der Waals surface area contributed by atoms with Gasteiger partial charge in [-0.15, -0.1) is 11.3 Å². The first kappa shape index (κ1) is 14.1. The quantitative estimate of drug-likeness (QED) is 0.862. The van der Waals surface area contributed by atoms with Crippen molar-refractivity contribution in [2.45, 2.75) is 25.3 Å². The van der Waals surface area contributed by atoms with Crippen molar-refractivity contribution in [1.82, 2.24) is 4.90 Å². The maximum atomic E-state index is 12.6. The van der Waals surface area contributed by atoms with Crippen molar-refractivity contribution in [3.8, 4) is 5.75 Å². The predicted octanol–water partition coefficient (Wildman–Crippen LogP) is 3.66. The van der Waals surface area contributed by atoms with Gasteiger partial charge in [-0.05, 0) is 30.4 Å². The number of para-hydroxylation sites is 1. The Kier molecular flexibility index (Phi) is 4.25. The molecule has 3 nitrogen and oxygen atoms in total. The van der Waals surface area contributed by atoms with E-state index in [1.54, 1.807) is 18.4 Å². The molecule has 2 aromatic rings. The van der Waals surface area contributed by atoms with Gasteiger partial charge < -0.3 is 9.64 Å². The Morgan fingerprint density at radius 3 is 2.95 bits per heavy atom. The third kappa shape index (κ3) is 2.95. The molecule has 0 saturated carbocycles. The summed E-state index contributed by atoms with van der Waals surface area (Å²) in [6.45, 7) is 0.840. The van der Waals surface area contributed by atoms with Crippen LogP contribution in [0.3, 0.4) is 0 Å². The Labute approximate surface area is 129 Å². The Balaban J connectivity index is 1.80. The average molecular weight is 301 g/mol. The highest BCUT2D eigenvalue weighted by atomic mass is 32.1. The minimum Gasteiger partial charge on any atom is -0.496 e. The van der Waals surface area contributed by atoms with Crippen LogP contribution < -0.4 is 4.74 Å². The second kappa shape index (κ2) is 6.31. The third-order valence-corrected chi connectivity index (χ3v) is 4.85. The highest BCUT2D eigenvalue weighted by molar-refractivity contribution is 7.10. The lowest BCUT2D eigenvalue weighted by atomic mass is 10.0. The summed E-state index contributed by atoms with van der Waals surface area (Å²) in [4.78, 5) is 15.7. The smallest absolute Gasteiger partial charge is 0.228 e. The molecule has 0 spiro atoms. The second-order valence-corrected chi connectivity index (χ2v) is 6.28. The van der Waals surface area contributed by atoms with Crippen LogP contribution in [0, 0.1) is 0 Å². The first-order valence-corrected chi connectivity index (χ1v) is 8.12. The number of hydrogen-bond acceptors (Lipinski definition) is 3. The summed E-state index contributed by atoms with van der Waals surface area (Å²) in [5.41, 5.74) is 1.12. The van der Waals surface area contributed by atoms with E-state index in [1.807, 2.05) is 40.6 Å². The molecule has 1 aliphatic heterocycles. The number of methoxy groups -OCH3 is 1. The van der Waals surface area contributed by atoms with Gasteiger partial charge in [0.2, 0.25) is 5.91 Å². The van der Waals surface area contributed by atoms with Gasteiger partial charge in [0.1, 0.15) is 5.75 Å². The summed E-state index contributed by atoms with van der Waals surface area (Å²) in [5.74, 6) is 1.09. The standard InChI is InChI=1S/C17H19NO2S/c1-20-16-9-3-2-7-14(16)15-8-4-10-18(15)17(19)12-13-6-5-11-21-13/h2-3,5-7,9,11,15H,4,8,10,12H2,1H3/t15-/m1/s1. The van der Waals surface area contributed by atoms with Crippen molar-refractivity contribution >= 4 is 17.2 Å². The molecule has 1 aromatic heterocycles. The molecule has 4 heteroatoms.